The van der Waals surface area contributed by atoms with E-state index in [1.807, 2.05) is 30.3 Å². The van der Waals surface area contributed by atoms with Crippen LogP contribution in [0, 0.1) is 5.92 Å². The normalized spacial score (nSPS) is 22.0. The molecule has 4 nitrogen and oxygen atoms in total. The molecule has 2 N–H and O–H groups in total. The zero-order valence-corrected chi connectivity index (χ0v) is 19.4. The van der Waals surface area contributed by atoms with E-state index in [1.54, 1.807) is 7.05 Å². The van der Waals surface area contributed by atoms with Gasteiger partial charge in [-0.25, -0.2) is 0 Å². The second kappa shape index (κ2) is 10.6. The summed E-state index contributed by atoms with van der Waals surface area (Å²) in [5, 5.41) is 6.04. The summed E-state index contributed by atoms with van der Waals surface area (Å²) in [6.07, 6.45) is -9.23. The number of amides is 1. The first-order valence-electron chi connectivity index (χ1n) is 11.3. The number of hydrogen-bond acceptors (Lipinski definition) is 3. The van der Waals surface area contributed by atoms with Gasteiger partial charge in [-0.15, -0.1) is 0 Å². The highest BCUT2D eigenvalue weighted by molar-refractivity contribution is 5.75. The molecule has 1 unspecified atom stereocenters. The summed E-state index contributed by atoms with van der Waals surface area (Å²) in [6.45, 7) is 1.98. The number of halogens is 6. The first-order valence-corrected chi connectivity index (χ1v) is 11.3. The minimum absolute atomic E-state index is 0.0302. The second-order valence-corrected chi connectivity index (χ2v) is 8.90. The van der Waals surface area contributed by atoms with E-state index in [9.17, 15) is 31.1 Å². The van der Waals surface area contributed by atoms with Crippen molar-refractivity contribution in [1.82, 2.24) is 10.6 Å². The van der Waals surface area contributed by atoms with E-state index in [1.165, 1.54) is 6.92 Å². The minimum atomic E-state index is -4.92. The summed E-state index contributed by atoms with van der Waals surface area (Å²) in [6, 6.07) is 10.8. The zero-order valence-electron chi connectivity index (χ0n) is 19.4. The molecule has 0 bridgehead atoms. The van der Waals surface area contributed by atoms with Gasteiger partial charge < -0.3 is 15.4 Å². The molecule has 1 heterocycles. The van der Waals surface area contributed by atoms with E-state index in [-0.39, 0.29) is 30.1 Å². The molecule has 35 heavy (non-hydrogen) atoms. The molecule has 0 radical (unpaired) electrons. The van der Waals surface area contributed by atoms with Crippen molar-refractivity contribution in [2.75, 3.05) is 20.2 Å². The molecule has 2 aromatic carbocycles. The van der Waals surface area contributed by atoms with Gasteiger partial charge >= 0.3 is 12.4 Å². The van der Waals surface area contributed by atoms with Crippen LogP contribution < -0.4 is 10.6 Å². The molecule has 1 aliphatic rings. The fraction of sp³-hybridized carbons (Fsp3) is 0.480. The number of hydrogen-bond donors (Lipinski definition) is 2. The molecule has 0 saturated carbocycles. The SMILES string of the molecule is CNC(=O)C[C@@H]1CC[C@@](COC(C)c2cc(C(F)(F)F)cc(C(F)(F)F)c2)(c2ccccc2)NC1. The summed E-state index contributed by atoms with van der Waals surface area (Å²) in [7, 11) is 1.57. The highest BCUT2D eigenvalue weighted by Gasteiger charge is 2.39. The third-order valence-corrected chi connectivity index (χ3v) is 6.45. The monoisotopic (exact) mass is 502 g/mol. The molecule has 0 spiro atoms. The quantitative estimate of drug-likeness (QED) is 0.469. The highest BCUT2D eigenvalue weighted by atomic mass is 19.4. The van der Waals surface area contributed by atoms with Gasteiger partial charge in [0, 0.05) is 13.5 Å². The third-order valence-electron chi connectivity index (χ3n) is 6.45. The minimum Gasteiger partial charge on any atom is -0.372 e. The number of ether oxygens (including phenoxy) is 1. The Morgan fingerprint density at radius 2 is 1.69 bits per heavy atom. The maximum Gasteiger partial charge on any atom is 0.416 e. The van der Waals surface area contributed by atoms with E-state index in [0.29, 0.717) is 37.9 Å². The van der Waals surface area contributed by atoms with E-state index in [0.717, 1.165) is 5.56 Å². The Morgan fingerprint density at radius 3 is 2.17 bits per heavy atom. The van der Waals surface area contributed by atoms with Crippen LogP contribution in [0.15, 0.2) is 48.5 Å². The summed E-state index contributed by atoms with van der Waals surface area (Å²) in [4.78, 5) is 11.8. The van der Waals surface area contributed by atoms with Crippen LogP contribution in [0.1, 0.15) is 54.5 Å². The molecular weight excluding hydrogens is 474 g/mol. The average molecular weight is 502 g/mol. The molecule has 1 amide bonds. The number of piperidine rings is 1. The smallest absolute Gasteiger partial charge is 0.372 e. The van der Waals surface area contributed by atoms with Crippen molar-refractivity contribution in [2.45, 2.75) is 50.2 Å². The zero-order chi connectivity index (χ0) is 25.9. The van der Waals surface area contributed by atoms with Crippen LogP contribution in [0.5, 0.6) is 0 Å². The van der Waals surface area contributed by atoms with Gasteiger partial charge in [-0.3, -0.25) is 4.79 Å². The lowest BCUT2D eigenvalue weighted by Gasteiger charge is -2.42. The molecule has 0 aliphatic carbocycles. The van der Waals surface area contributed by atoms with Crippen molar-refractivity contribution in [3.05, 3.63) is 70.8 Å². The van der Waals surface area contributed by atoms with Crippen molar-refractivity contribution in [1.29, 1.82) is 0 Å². The summed E-state index contributed by atoms with van der Waals surface area (Å²) in [5.41, 5.74) is -2.75. The van der Waals surface area contributed by atoms with Gasteiger partial charge in [-0.05, 0) is 61.6 Å². The number of benzene rings is 2. The van der Waals surface area contributed by atoms with Crippen molar-refractivity contribution in [3.63, 3.8) is 0 Å². The van der Waals surface area contributed by atoms with Crippen LogP contribution in [0.25, 0.3) is 0 Å². The maximum atomic E-state index is 13.3. The molecule has 1 fully saturated rings. The van der Waals surface area contributed by atoms with Crippen molar-refractivity contribution < 1.29 is 35.9 Å². The second-order valence-electron chi connectivity index (χ2n) is 8.90. The predicted octanol–water partition coefficient (Wildman–Crippen LogP) is 5.83. The number of rotatable bonds is 7. The topological polar surface area (TPSA) is 50.4 Å². The van der Waals surface area contributed by atoms with Crippen LogP contribution >= 0.6 is 0 Å². The lowest BCUT2D eigenvalue weighted by Crippen LogP contribution is -2.52. The molecule has 2 aromatic rings. The summed E-state index contributed by atoms with van der Waals surface area (Å²) < 4.78 is 85.5. The first-order chi connectivity index (χ1) is 16.3. The van der Waals surface area contributed by atoms with E-state index >= 15 is 0 Å². The fourth-order valence-corrected chi connectivity index (χ4v) is 4.31. The fourth-order valence-electron chi connectivity index (χ4n) is 4.31. The number of carbonyl (C=O) groups is 1. The van der Waals surface area contributed by atoms with Crippen LogP contribution in [0.2, 0.25) is 0 Å². The van der Waals surface area contributed by atoms with Gasteiger partial charge in [0.05, 0.1) is 29.4 Å². The predicted molar refractivity (Wildman–Crippen MR) is 118 cm³/mol. The van der Waals surface area contributed by atoms with Gasteiger partial charge in [0.15, 0.2) is 0 Å². The first kappa shape index (κ1) is 27.0. The summed E-state index contributed by atoms with van der Waals surface area (Å²) in [5.74, 6) is 0.0286. The van der Waals surface area contributed by atoms with Gasteiger partial charge in [0.25, 0.3) is 0 Å². The van der Waals surface area contributed by atoms with Crippen LogP contribution in [0.3, 0.4) is 0 Å². The van der Waals surface area contributed by atoms with Crippen molar-refractivity contribution >= 4 is 5.91 Å². The maximum absolute atomic E-state index is 13.3. The molecule has 1 saturated heterocycles. The number of nitrogens with one attached hydrogen (secondary N) is 2. The van der Waals surface area contributed by atoms with Crippen molar-refractivity contribution in [3.8, 4) is 0 Å². The van der Waals surface area contributed by atoms with Crippen molar-refractivity contribution in [2.24, 2.45) is 5.92 Å². The van der Waals surface area contributed by atoms with Crippen LogP contribution in [-0.4, -0.2) is 26.1 Å². The lowest BCUT2D eigenvalue weighted by molar-refractivity contribution is -0.143. The Hall–Kier alpha value is -2.59. The molecule has 10 heteroatoms. The number of alkyl halides is 6. The van der Waals surface area contributed by atoms with E-state index < -0.39 is 35.1 Å². The highest BCUT2D eigenvalue weighted by Crippen LogP contribution is 2.39. The summed E-state index contributed by atoms with van der Waals surface area (Å²) >= 11 is 0. The Kier molecular flexibility index (Phi) is 8.16. The molecular formula is C25H28F6N2O2. The van der Waals surface area contributed by atoms with Crippen LogP contribution in [-0.2, 0) is 27.4 Å². The lowest BCUT2D eigenvalue weighted by atomic mass is 9.78. The van der Waals surface area contributed by atoms with Gasteiger partial charge in [-0.1, -0.05) is 30.3 Å². The Balaban J connectivity index is 1.83. The molecule has 3 rings (SSSR count). The molecule has 3 atom stereocenters. The van der Waals surface area contributed by atoms with E-state index in [2.05, 4.69) is 10.6 Å². The van der Waals surface area contributed by atoms with Gasteiger partial charge in [0.2, 0.25) is 5.91 Å². The Morgan fingerprint density at radius 1 is 1.09 bits per heavy atom. The van der Waals surface area contributed by atoms with Gasteiger partial charge in [-0.2, -0.15) is 26.3 Å². The molecule has 0 aromatic heterocycles. The Bertz CT molecular complexity index is 967. The third kappa shape index (κ3) is 6.76. The average Bonchev–Trinajstić information content (AvgIpc) is 2.82. The molecule has 192 valence electrons. The standard InChI is InChI=1S/C25H28F6N2O2/c1-16(18-11-20(24(26,27)28)13-21(12-18)25(29,30)31)35-15-23(19-6-4-3-5-7-19)9-8-17(14-33-23)10-22(34)32-2/h3-7,11-13,16-17,33H,8-10,14-15H2,1-2H3,(H,32,34)/t16?,17-,23+/m0/s1. The molecule has 1 aliphatic heterocycles. The van der Waals surface area contributed by atoms with Crippen LogP contribution in [0.4, 0.5) is 26.3 Å². The van der Waals surface area contributed by atoms with Gasteiger partial charge in [0.1, 0.15) is 0 Å². The Labute approximate surface area is 200 Å². The van der Waals surface area contributed by atoms with E-state index in [4.69, 9.17) is 4.74 Å². The number of carbonyl (C=O) groups excluding carboxylic acids is 1. The largest absolute Gasteiger partial charge is 0.416 e.